The minimum Gasteiger partial charge on any atom is -0.483 e. The molecule has 2 aromatic heterocycles. The van der Waals surface area contributed by atoms with Crippen molar-refractivity contribution in [1.29, 1.82) is 0 Å². The molecule has 3 rings (SSSR count). The number of rotatable bonds is 5. The maximum atomic E-state index is 12.1. The van der Waals surface area contributed by atoms with E-state index in [1.165, 1.54) is 23.6 Å². The predicted molar refractivity (Wildman–Crippen MR) is 90.4 cm³/mol. The van der Waals surface area contributed by atoms with Gasteiger partial charge < -0.3 is 9.72 Å². The van der Waals surface area contributed by atoms with Crippen LogP contribution in [-0.2, 0) is 6.61 Å². The van der Waals surface area contributed by atoms with Gasteiger partial charge in [0.05, 0.1) is 0 Å². The summed E-state index contributed by atoms with van der Waals surface area (Å²) in [6.07, 6.45) is 1.38. The van der Waals surface area contributed by atoms with Gasteiger partial charge >= 0.3 is 0 Å². The minimum atomic E-state index is -0.460. The van der Waals surface area contributed by atoms with Crippen LogP contribution in [-0.4, -0.2) is 21.1 Å². The number of carbonyl (C=O) groups excluding carboxylic acids is 1. The second-order valence-corrected chi connectivity index (χ2v) is 6.11. The molecule has 0 saturated heterocycles. The Morgan fingerprint density at radius 2 is 2.08 bits per heavy atom. The minimum absolute atomic E-state index is 0.125. The van der Waals surface area contributed by atoms with Crippen molar-refractivity contribution in [2.45, 2.75) is 13.5 Å². The monoisotopic (exact) mass is 342 g/mol. The molecule has 0 aliphatic heterocycles. The molecule has 0 spiro atoms. The van der Waals surface area contributed by atoms with E-state index in [9.17, 15) is 9.59 Å². The van der Waals surface area contributed by atoms with E-state index in [2.05, 4.69) is 20.5 Å². The number of nitrogens with zero attached hydrogens (tertiary/aromatic N) is 2. The summed E-state index contributed by atoms with van der Waals surface area (Å²) in [5.41, 5.74) is 0.702. The molecule has 0 fully saturated rings. The Hall–Kier alpha value is -3.00. The number of anilines is 1. The number of hydrogen-bond acceptors (Lipinski definition) is 6. The average molecular weight is 342 g/mol. The highest BCUT2D eigenvalue weighted by molar-refractivity contribution is 7.15. The lowest BCUT2D eigenvalue weighted by atomic mass is 10.2. The topological polar surface area (TPSA) is 97.0 Å². The lowest BCUT2D eigenvalue weighted by molar-refractivity contribution is 0.102. The molecule has 1 amide bonds. The Labute approximate surface area is 141 Å². The average Bonchev–Trinajstić information content (AvgIpc) is 2.99. The molecule has 24 heavy (non-hydrogen) atoms. The summed E-state index contributed by atoms with van der Waals surface area (Å²) in [5.74, 6) is -0.306. The summed E-state index contributed by atoms with van der Waals surface area (Å²) in [6.45, 7) is 2.06. The fraction of sp³-hybridized carbons (Fsp3) is 0.125. The molecule has 0 bridgehead atoms. The van der Waals surface area contributed by atoms with E-state index in [4.69, 9.17) is 4.74 Å². The first-order valence-corrected chi connectivity index (χ1v) is 7.94. The van der Waals surface area contributed by atoms with Crippen molar-refractivity contribution in [3.05, 3.63) is 69.1 Å². The normalized spacial score (nSPS) is 10.4. The summed E-state index contributed by atoms with van der Waals surface area (Å²) in [6, 6.07) is 10.7. The first-order valence-electron chi connectivity index (χ1n) is 7.13. The van der Waals surface area contributed by atoms with Gasteiger partial charge in [-0.25, -0.2) is 0 Å². The third-order valence-corrected chi connectivity index (χ3v) is 3.86. The Bertz CT molecular complexity index is 905. The number of aromatic nitrogens is 3. The molecule has 0 unspecified atom stereocenters. The second kappa shape index (κ2) is 7.05. The third-order valence-electron chi connectivity index (χ3n) is 3.11. The Balaban J connectivity index is 1.67. The van der Waals surface area contributed by atoms with Gasteiger partial charge in [0.1, 0.15) is 17.3 Å². The van der Waals surface area contributed by atoms with Gasteiger partial charge in [0, 0.05) is 12.3 Å². The molecular formula is C16H14N4O3S. The Morgan fingerprint density at radius 1 is 1.29 bits per heavy atom. The second-order valence-electron chi connectivity index (χ2n) is 4.93. The zero-order chi connectivity index (χ0) is 16.9. The van der Waals surface area contributed by atoms with Gasteiger partial charge in [-0.05, 0) is 12.5 Å². The number of nitrogens with one attached hydrogen (secondary N) is 2. The first kappa shape index (κ1) is 15.9. The van der Waals surface area contributed by atoms with Crippen molar-refractivity contribution in [2.75, 3.05) is 5.32 Å². The number of amides is 1. The first-order chi connectivity index (χ1) is 11.6. The van der Waals surface area contributed by atoms with Crippen LogP contribution >= 0.6 is 11.3 Å². The Morgan fingerprint density at radius 3 is 2.75 bits per heavy atom. The van der Waals surface area contributed by atoms with Gasteiger partial charge in [-0.1, -0.05) is 41.7 Å². The molecule has 8 heteroatoms. The fourth-order valence-electron chi connectivity index (χ4n) is 1.95. The maximum Gasteiger partial charge on any atom is 0.274 e. The van der Waals surface area contributed by atoms with Crippen LogP contribution in [0.1, 0.15) is 21.1 Å². The molecule has 7 nitrogen and oxygen atoms in total. The SMILES string of the molecule is Cc1nnc(NC(=O)c2cc(=O)c(OCc3ccccc3)c[nH]2)s1. The summed E-state index contributed by atoms with van der Waals surface area (Å²) in [5, 5.41) is 11.3. The molecular weight excluding hydrogens is 328 g/mol. The van der Waals surface area contributed by atoms with Crippen molar-refractivity contribution >= 4 is 22.4 Å². The van der Waals surface area contributed by atoms with Crippen molar-refractivity contribution in [3.8, 4) is 5.75 Å². The molecule has 0 aliphatic rings. The van der Waals surface area contributed by atoms with Crippen LogP contribution in [0, 0.1) is 6.92 Å². The van der Waals surface area contributed by atoms with E-state index in [1.807, 2.05) is 30.3 Å². The summed E-state index contributed by atoms with van der Waals surface area (Å²) >= 11 is 1.25. The van der Waals surface area contributed by atoms with Crippen LogP contribution in [0.3, 0.4) is 0 Å². The Kier molecular flexibility index (Phi) is 4.66. The molecule has 2 heterocycles. The van der Waals surface area contributed by atoms with Gasteiger partial charge in [0.15, 0.2) is 5.75 Å². The van der Waals surface area contributed by atoms with E-state index < -0.39 is 5.91 Å². The molecule has 0 saturated carbocycles. The van der Waals surface area contributed by atoms with Crippen molar-refractivity contribution < 1.29 is 9.53 Å². The van der Waals surface area contributed by atoms with Gasteiger partial charge in [-0.3, -0.25) is 14.9 Å². The third kappa shape index (κ3) is 3.85. The van der Waals surface area contributed by atoms with Gasteiger partial charge in [-0.2, -0.15) is 0 Å². The van der Waals surface area contributed by atoms with Crippen LogP contribution < -0.4 is 15.5 Å². The highest BCUT2D eigenvalue weighted by atomic mass is 32.1. The van der Waals surface area contributed by atoms with E-state index >= 15 is 0 Å². The van der Waals surface area contributed by atoms with Crippen LogP contribution in [0.2, 0.25) is 0 Å². The fourth-order valence-corrected chi connectivity index (χ4v) is 2.54. The molecule has 2 N–H and O–H groups in total. The van der Waals surface area contributed by atoms with Gasteiger partial charge in [0.2, 0.25) is 10.6 Å². The van der Waals surface area contributed by atoms with Crippen molar-refractivity contribution in [1.82, 2.24) is 15.2 Å². The van der Waals surface area contributed by atoms with Crippen molar-refractivity contribution in [2.24, 2.45) is 0 Å². The van der Waals surface area contributed by atoms with E-state index in [0.717, 1.165) is 10.6 Å². The zero-order valence-corrected chi connectivity index (χ0v) is 13.6. The van der Waals surface area contributed by atoms with Crippen LogP contribution in [0.25, 0.3) is 0 Å². The smallest absolute Gasteiger partial charge is 0.274 e. The number of carbonyl (C=O) groups is 1. The van der Waals surface area contributed by atoms with Crippen LogP contribution in [0.15, 0.2) is 47.4 Å². The van der Waals surface area contributed by atoms with E-state index in [1.54, 1.807) is 6.92 Å². The number of ether oxygens (including phenoxy) is 1. The molecule has 0 aliphatic carbocycles. The summed E-state index contributed by atoms with van der Waals surface area (Å²) in [4.78, 5) is 26.9. The number of H-pyrrole nitrogens is 1. The molecule has 0 atom stereocenters. The lowest BCUT2D eigenvalue weighted by Crippen LogP contribution is -2.17. The van der Waals surface area contributed by atoms with Crippen LogP contribution in [0.5, 0.6) is 5.75 Å². The van der Waals surface area contributed by atoms with Crippen LogP contribution in [0.4, 0.5) is 5.13 Å². The summed E-state index contributed by atoms with van der Waals surface area (Å²) in [7, 11) is 0. The highest BCUT2D eigenvalue weighted by Gasteiger charge is 2.12. The number of aromatic amines is 1. The molecule has 3 aromatic rings. The molecule has 1 aromatic carbocycles. The molecule has 122 valence electrons. The summed E-state index contributed by atoms with van der Waals surface area (Å²) < 4.78 is 5.48. The van der Waals surface area contributed by atoms with E-state index in [0.29, 0.717) is 5.13 Å². The number of benzene rings is 1. The zero-order valence-electron chi connectivity index (χ0n) is 12.8. The molecule has 0 radical (unpaired) electrons. The standard InChI is InChI=1S/C16H14N4O3S/c1-10-19-20-16(24-10)18-15(22)12-7-13(21)14(8-17-12)23-9-11-5-3-2-4-6-11/h2-8H,9H2,1H3,(H,17,21)(H,18,20,22). The number of pyridine rings is 1. The van der Waals surface area contributed by atoms with Gasteiger partial charge in [-0.15, -0.1) is 10.2 Å². The predicted octanol–water partition coefficient (Wildman–Crippen LogP) is 2.37. The van der Waals surface area contributed by atoms with E-state index in [-0.39, 0.29) is 23.5 Å². The van der Waals surface area contributed by atoms with Gasteiger partial charge in [0.25, 0.3) is 5.91 Å². The maximum absolute atomic E-state index is 12.1. The highest BCUT2D eigenvalue weighted by Crippen LogP contribution is 2.14. The number of hydrogen-bond donors (Lipinski definition) is 2. The van der Waals surface area contributed by atoms with Crippen molar-refractivity contribution in [3.63, 3.8) is 0 Å². The quantitative estimate of drug-likeness (QED) is 0.742. The number of aryl methyl sites for hydroxylation is 1. The largest absolute Gasteiger partial charge is 0.483 e. The lowest BCUT2D eigenvalue weighted by Gasteiger charge is -2.06.